The molecule has 2 N–H and O–H groups in total. The van der Waals surface area contributed by atoms with Crippen LogP contribution in [0.5, 0.6) is 0 Å². The molecule has 0 spiro atoms. The number of nitrogen functional groups attached to an aromatic ring is 1. The summed E-state index contributed by atoms with van der Waals surface area (Å²) in [5.41, 5.74) is 1.47. The highest BCUT2D eigenvalue weighted by molar-refractivity contribution is 7.99. The summed E-state index contributed by atoms with van der Waals surface area (Å²) in [6.45, 7) is 5.04. The monoisotopic (exact) mass is 430 g/mol. The number of nitrogens with zero attached hydrogens (tertiary/aromatic N) is 3. The number of rotatable bonds is 4. The fraction of sp³-hybridized carbons (Fsp3) is 0.350. The van der Waals surface area contributed by atoms with Gasteiger partial charge in [-0.25, -0.2) is 9.66 Å². The maximum Gasteiger partial charge on any atom is 0.282 e. The molecule has 4 rings (SSSR count). The lowest BCUT2D eigenvalue weighted by Crippen LogP contribution is -2.48. The molecule has 0 unspecified atom stereocenters. The number of hydrogen-bond donors (Lipinski definition) is 1. The highest BCUT2D eigenvalue weighted by Gasteiger charge is 2.26. The zero-order chi connectivity index (χ0) is 20.5. The predicted octanol–water partition coefficient (Wildman–Crippen LogP) is 2.57. The predicted molar refractivity (Wildman–Crippen MR) is 117 cm³/mol. The molecule has 1 aliphatic heterocycles. The third-order valence-corrected chi connectivity index (χ3v) is 6.60. The summed E-state index contributed by atoms with van der Waals surface area (Å²) in [6.07, 6.45) is 0.0229. The Morgan fingerprint density at radius 3 is 2.66 bits per heavy atom. The second-order valence-corrected chi connectivity index (χ2v) is 8.91. The first-order chi connectivity index (χ1) is 13.9. The number of morpholine rings is 1. The smallest absolute Gasteiger partial charge is 0.282 e. The minimum atomic E-state index is -0.307. The molecule has 1 aliphatic rings. The number of hydrogen-bond acceptors (Lipinski definition) is 7. The van der Waals surface area contributed by atoms with Crippen LogP contribution in [0.3, 0.4) is 0 Å². The normalized spacial score (nSPS) is 19.6. The number of carbonyl (C=O) groups excluding carboxylic acids is 1. The van der Waals surface area contributed by atoms with Crippen molar-refractivity contribution in [2.24, 2.45) is 0 Å². The van der Waals surface area contributed by atoms with Crippen LogP contribution in [0.1, 0.15) is 13.8 Å². The Morgan fingerprint density at radius 1 is 1.28 bits per heavy atom. The van der Waals surface area contributed by atoms with Crippen LogP contribution in [0.15, 0.2) is 45.7 Å². The first kappa shape index (κ1) is 19.9. The van der Waals surface area contributed by atoms with Gasteiger partial charge in [0.25, 0.3) is 5.56 Å². The van der Waals surface area contributed by atoms with Crippen LogP contribution >= 0.6 is 23.1 Å². The first-order valence-corrected chi connectivity index (χ1v) is 11.2. The van der Waals surface area contributed by atoms with Crippen LogP contribution in [0, 0.1) is 0 Å². The molecule has 1 saturated heterocycles. The molecule has 2 atom stereocenters. The topological polar surface area (TPSA) is 90.5 Å². The summed E-state index contributed by atoms with van der Waals surface area (Å²) in [5.74, 6) is 6.20. The summed E-state index contributed by atoms with van der Waals surface area (Å²) in [7, 11) is 0. The molecular formula is C20H22N4O3S2. The van der Waals surface area contributed by atoms with E-state index in [1.807, 2.05) is 49.6 Å². The van der Waals surface area contributed by atoms with Crippen LogP contribution in [0.25, 0.3) is 21.3 Å². The minimum absolute atomic E-state index is 0.0115. The van der Waals surface area contributed by atoms with E-state index in [4.69, 9.17) is 10.6 Å². The Bertz CT molecular complexity index is 1090. The molecule has 9 heteroatoms. The van der Waals surface area contributed by atoms with Crippen molar-refractivity contribution in [3.05, 3.63) is 46.1 Å². The van der Waals surface area contributed by atoms with Gasteiger partial charge in [0, 0.05) is 24.0 Å². The van der Waals surface area contributed by atoms with Gasteiger partial charge < -0.3 is 15.5 Å². The molecule has 0 radical (unpaired) electrons. The standard InChI is InChI=1S/C20H22N4O3S2/c1-12-8-23(9-13(2)27-12)16(25)11-29-20-22-18-17(19(26)24(20)21)15(10-28-18)14-6-4-3-5-7-14/h3-7,10,12-13H,8-9,11,21H2,1-2H3/t12-,13-/m0/s1. The number of aromatic nitrogens is 2. The summed E-state index contributed by atoms with van der Waals surface area (Å²) in [6, 6.07) is 9.69. The third-order valence-electron chi connectivity index (χ3n) is 4.79. The van der Waals surface area contributed by atoms with Gasteiger partial charge in [-0.1, -0.05) is 42.1 Å². The van der Waals surface area contributed by atoms with Gasteiger partial charge in [0.1, 0.15) is 4.83 Å². The molecule has 0 saturated carbocycles. The molecule has 2 aromatic heterocycles. The van der Waals surface area contributed by atoms with E-state index >= 15 is 0 Å². The lowest BCUT2D eigenvalue weighted by Gasteiger charge is -2.35. The number of ether oxygens (including phenoxy) is 1. The highest BCUT2D eigenvalue weighted by Crippen LogP contribution is 2.31. The van der Waals surface area contributed by atoms with E-state index in [1.165, 1.54) is 23.1 Å². The number of benzene rings is 1. The molecule has 3 aromatic rings. The van der Waals surface area contributed by atoms with Crippen molar-refractivity contribution >= 4 is 39.2 Å². The van der Waals surface area contributed by atoms with Gasteiger partial charge in [0.15, 0.2) is 5.16 Å². The number of fused-ring (bicyclic) bond motifs is 1. The highest BCUT2D eigenvalue weighted by atomic mass is 32.2. The van der Waals surface area contributed by atoms with Crippen molar-refractivity contribution in [3.8, 4) is 11.1 Å². The number of carbonyl (C=O) groups is 1. The van der Waals surface area contributed by atoms with E-state index < -0.39 is 0 Å². The summed E-state index contributed by atoms with van der Waals surface area (Å²) >= 11 is 2.59. The molecule has 3 heterocycles. The van der Waals surface area contributed by atoms with E-state index in [2.05, 4.69) is 4.98 Å². The van der Waals surface area contributed by atoms with Crippen molar-refractivity contribution in [1.29, 1.82) is 0 Å². The van der Waals surface area contributed by atoms with E-state index in [1.54, 1.807) is 4.90 Å². The molecule has 0 aliphatic carbocycles. The fourth-order valence-electron chi connectivity index (χ4n) is 3.52. The molecule has 0 bridgehead atoms. The number of thiophene rings is 1. The lowest BCUT2D eigenvalue weighted by molar-refractivity contribution is -0.140. The minimum Gasteiger partial charge on any atom is -0.372 e. The Hall–Kier alpha value is -2.36. The Morgan fingerprint density at radius 2 is 1.97 bits per heavy atom. The van der Waals surface area contributed by atoms with Gasteiger partial charge in [-0.2, -0.15) is 0 Å². The average Bonchev–Trinajstić information content (AvgIpc) is 3.13. The first-order valence-electron chi connectivity index (χ1n) is 9.35. The van der Waals surface area contributed by atoms with Crippen LogP contribution < -0.4 is 11.4 Å². The van der Waals surface area contributed by atoms with Crippen molar-refractivity contribution in [2.75, 3.05) is 24.7 Å². The molecule has 152 valence electrons. The largest absolute Gasteiger partial charge is 0.372 e. The van der Waals surface area contributed by atoms with Gasteiger partial charge in [0.05, 0.1) is 23.3 Å². The SMILES string of the molecule is C[C@H]1CN(C(=O)CSc2nc3scc(-c4ccccc4)c3c(=O)n2N)C[C@H](C)O1. The zero-order valence-corrected chi connectivity index (χ0v) is 17.8. The van der Waals surface area contributed by atoms with E-state index in [-0.39, 0.29) is 29.4 Å². The van der Waals surface area contributed by atoms with Crippen LogP contribution in [-0.4, -0.2) is 51.5 Å². The maximum atomic E-state index is 12.9. The van der Waals surface area contributed by atoms with Crippen LogP contribution in [0.4, 0.5) is 0 Å². The van der Waals surface area contributed by atoms with Crippen LogP contribution in [-0.2, 0) is 9.53 Å². The Balaban J connectivity index is 1.57. The lowest BCUT2D eigenvalue weighted by atomic mass is 10.1. The van der Waals surface area contributed by atoms with Gasteiger partial charge >= 0.3 is 0 Å². The molecule has 7 nitrogen and oxygen atoms in total. The van der Waals surface area contributed by atoms with E-state index in [9.17, 15) is 9.59 Å². The third kappa shape index (κ3) is 4.03. The van der Waals surface area contributed by atoms with Crippen molar-refractivity contribution in [1.82, 2.24) is 14.6 Å². The summed E-state index contributed by atoms with van der Waals surface area (Å²) < 4.78 is 6.72. The van der Waals surface area contributed by atoms with Crippen molar-refractivity contribution in [2.45, 2.75) is 31.2 Å². The molecule has 29 heavy (non-hydrogen) atoms. The second kappa shape index (κ2) is 8.17. The average molecular weight is 431 g/mol. The number of amides is 1. The summed E-state index contributed by atoms with van der Waals surface area (Å²) in [4.78, 5) is 32.5. The van der Waals surface area contributed by atoms with Gasteiger partial charge in [-0.15, -0.1) is 11.3 Å². The Labute approximate surface area is 176 Å². The molecule has 1 fully saturated rings. The number of nitrogens with two attached hydrogens (primary N) is 1. The maximum absolute atomic E-state index is 12.9. The number of thioether (sulfide) groups is 1. The van der Waals surface area contributed by atoms with Crippen LogP contribution in [0.2, 0.25) is 0 Å². The van der Waals surface area contributed by atoms with E-state index in [0.29, 0.717) is 28.5 Å². The van der Waals surface area contributed by atoms with E-state index in [0.717, 1.165) is 15.8 Å². The quantitative estimate of drug-likeness (QED) is 0.389. The molecular weight excluding hydrogens is 408 g/mol. The van der Waals surface area contributed by atoms with Gasteiger partial charge in [0.2, 0.25) is 5.91 Å². The van der Waals surface area contributed by atoms with Gasteiger partial charge in [-0.3, -0.25) is 9.59 Å². The Kier molecular flexibility index (Phi) is 5.62. The van der Waals surface area contributed by atoms with Gasteiger partial charge in [-0.05, 0) is 19.4 Å². The zero-order valence-electron chi connectivity index (χ0n) is 16.2. The second-order valence-electron chi connectivity index (χ2n) is 7.11. The molecule has 1 amide bonds. The molecule has 1 aromatic carbocycles. The summed E-state index contributed by atoms with van der Waals surface area (Å²) in [5, 5.41) is 2.77. The fourth-order valence-corrected chi connectivity index (χ4v) is 5.32. The van der Waals surface area contributed by atoms with Crippen molar-refractivity contribution in [3.63, 3.8) is 0 Å². The van der Waals surface area contributed by atoms with Crippen molar-refractivity contribution < 1.29 is 9.53 Å².